The van der Waals surface area contributed by atoms with Gasteiger partial charge in [-0.3, -0.25) is 14.9 Å². The Balaban J connectivity index is 1.83. The quantitative estimate of drug-likeness (QED) is 0.450. The highest BCUT2D eigenvalue weighted by Gasteiger charge is 2.17. The lowest BCUT2D eigenvalue weighted by atomic mass is 10.1. The van der Waals surface area contributed by atoms with E-state index in [-0.39, 0.29) is 27.1 Å². The molecule has 0 aliphatic carbocycles. The molecule has 30 heavy (non-hydrogen) atoms. The lowest BCUT2D eigenvalue weighted by Gasteiger charge is -2.08. The van der Waals surface area contributed by atoms with Gasteiger partial charge in [-0.2, -0.15) is 0 Å². The normalized spacial score (nSPS) is 11.1. The van der Waals surface area contributed by atoms with E-state index in [2.05, 4.69) is 15.5 Å². The molecule has 2 aromatic carbocycles. The van der Waals surface area contributed by atoms with Crippen molar-refractivity contribution in [2.75, 3.05) is 11.1 Å². The molecule has 11 heteroatoms. The number of aromatic nitrogens is 2. The summed E-state index contributed by atoms with van der Waals surface area (Å²) < 4.78 is 23.7. The Kier molecular flexibility index (Phi) is 6.09. The predicted octanol–water partition coefficient (Wildman–Crippen LogP) is 3.75. The smallest absolute Gasteiger partial charge is 0.288 e. The van der Waals surface area contributed by atoms with Crippen LogP contribution in [0.4, 0.5) is 11.4 Å². The molecular weight excluding hydrogens is 432 g/mol. The Morgan fingerprint density at radius 3 is 2.53 bits per heavy atom. The molecule has 1 amide bonds. The second-order valence-corrected chi connectivity index (χ2v) is 8.75. The van der Waals surface area contributed by atoms with E-state index < -0.39 is 20.7 Å². The van der Waals surface area contributed by atoms with Crippen molar-refractivity contribution in [1.29, 1.82) is 0 Å². The molecule has 0 saturated carbocycles. The summed E-state index contributed by atoms with van der Waals surface area (Å²) in [4.78, 5) is 22.8. The van der Waals surface area contributed by atoms with E-state index in [0.29, 0.717) is 16.9 Å². The van der Waals surface area contributed by atoms with Crippen LogP contribution in [0.25, 0.3) is 11.3 Å². The first kappa shape index (κ1) is 21.3. The fourth-order valence-electron chi connectivity index (χ4n) is 2.54. The molecule has 0 aliphatic heterocycles. The van der Waals surface area contributed by atoms with E-state index in [1.165, 1.54) is 31.2 Å². The second-order valence-electron chi connectivity index (χ2n) is 6.12. The van der Waals surface area contributed by atoms with Crippen molar-refractivity contribution in [1.82, 2.24) is 10.2 Å². The van der Waals surface area contributed by atoms with Gasteiger partial charge < -0.3 is 5.32 Å². The minimum absolute atomic E-state index is 0.0642. The van der Waals surface area contributed by atoms with Gasteiger partial charge in [-0.05, 0) is 36.4 Å². The largest absolute Gasteiger partial charge is 0.322 e. The number of nitrogens with zero attached hydrogens (tertiary/aromatic N) is 3. The predicted molar refractivity (Wildman–Crippen MR) is 111 cm³/mol. The maximum absolute atomic E-state index is 12.5. The van der Waals surface area contributed by atoms with Gasteiger partial charge in [0.2, 0.25) is 0 Å². The van der Waals surface area contributed by atoms with Gasteiger partial charge in [-0.15, -0.1) is 10.2 Å². The van der Waals surface area contributed by atoms with Crippen LogP contribution in [-0.4, -0.2) is 35.2 Å². The SMILES string of the molecule is CCS(=O)(=O)c1ccc(-c2cccc(NC(=O)c3ccc(Cl)c([N+](=O)[O-])c3)c2)nn1. The Morgan fingerprint density at radius 1 is 1.13 bits per heavy atom. The van der Waals surface area contributed by atoms with Crippen LogP contribution in [0.3, 0.4) is 0 Å². The van der Waals surface area contributed by atoms with Crippen LogP contribution in [0.2, 0.25) is 5.02 Å². The molecule has 1 N–H and O–H groups in total. The molecule has 154 valence electrons. The van der Waals surface area contributed by atoms with Gasteiger partial charge in [0.25, 0.3) is 11.6 Å². The molecular formula is C19H15ClN4O5S. The Morgan fingerprint density at radius 2 is 1.90 bits per heavy atom. The van der Waals surface area contributed by atoms with Crippen LogP contribution in [0, 0.1) is 10.1 Å². The highest BCUT2D eigenvalue weighted by Crippen LogP contribution is 2.26. The number of carbonyl (C=O) groups is 1. The average molecular weight is 447 g/mol. The van der Waals surface area contributed by atoms with Crippen molar-refractivity contribution in [3.8, 4) is 11.3 Å². The van der Waals surface area contributed by atoms with E-state index in [1.54, 1.807) is 24.3 Å². The minimum atomic E-state index is -3.45. The summed E-state index contributed by atoms with van der Waals surface area (Å²) in [6.45, 7) is 1.52. The number of hydrogen-bond donors (Lipinski definition) is 1. The van der Waals surface area contributed by atoms with Crippen LogP contribution in [0.1, 0.15) is 17.3 Å². The number of nitro groups is 1. The number of carbonyl (C=O) groups excluding carboxylic acids is 1. The molecule has 0 atom stereocenters. The second kappa shape index (κ2) is 8.56. The zero-order valence-corrected chi connectivity index (χ0v) is 17.1. The van der Waals surface area contributed by atoms with Gasteiger partial charge >= 0.3 is 0 Å². The molecule has 0 unspecified atom stereocenters. The Labute approximate surface area is 176 Å². The summed E-state index contributed by atoms with van der Waals surface area (Å²) in [6.07, 6.45) is 0. The molecule has 1 aromatic heterocycles. The van der Waals surface area contributed by atoms with Crippen molar-refractivity contribution in [2.24, 2.45) is 0 Å². The maximum atomic E-state index is 12.5. The number of amides is 1. The zero-order chi connectivity index (χ0) is 21.9. The van der Waals surface area contributed by atoms with Gasteiger partial charge in [0.1, 0.15) is 5.02 Å². The van der Waals surface area contributed by atoms with Crippen molar-refractivity contribution >= 4 is 38.7 Å². The summed E-state index contributed by atoms with van der Waals surface area (Å²) in [5.74, 6) is -0.631. The number of nitro benzene ring substituents is 1. The van der Waals surface area contributed by atoms with Crippen LogP contribution < -0.4 is 5.32 Å². The molecule has 3 rings (SSSR count). The van der Waals surface area contributed by atoms with Crippen LogP contribution in [-0.2, 0) is 9.84 Å². The summed E-state index contributed by atoms with van der Waals surface area (Å²) in [5, 5.41) is 21.2. The molecule has 0 spiro atoms. The Hall–Kier alpha value is -3.37. The first-order valence-corrected chi connectivity index (χ1v) is 10.7. The highest BCUT2D eigenvalue weighted by molar-refractivity contribution is 7.91. The molecule has 0 radical (unpaired) electrons. The van der Waals surface area contributed by atoms with Gasteiger partial charge in [0.15, 0.2) is 14.9 Å². The van der Waals surface area contributed by atoms with Crippen LogP contribution in [0.15, 0.2) is 59.6 Å². The number of hydrogen-bond acceptors (Lipinski definition) is 7. The first-order valence-electron chi connectivity index (χ1n) is 8.63. The summed E-state index contributed by atoms with van der Waals surface area (Å²) in [7, 11) is -3.45. The fourth-order valence-corrected chi connectivity index (χ4v) is 3.46. The molecule has 0 fully saturated rings. The minimum Gasteiger partial charge on any atom is -0.322 e. The third-order valence-electron chi connectivity index (χ3n) is 4.16. The standard InChI is InChI=1S/C19H15ClN4O5S/c1-2-30(28,29)18-9-8-16(22-23-18)12-4-3-5-14(10-12)21-19(25)13-6-7-15(20)17(11-13)24(26)27/h3-11H,2H2,1H3,(H,21,25). The number of benzene rings is 2. The van der Waals surface area contributed by atoms with E-state index in [0.717, 1.165) is 6.07 Å². The lowest BCUT2D eigenvalue weighted by molar-refractivity contribution is -0.384. The Bertz CT molecular complexity index is 1230. The van der Waals surface area contributed by atoms with Crippen molar-refractivity contribution < 1.29 is 18.1 Å². The average Bonchev–Trinajstić information content (AvgIpc) is 2.74. The number of nitrogens with one attached hydrogen (secondary N) is 1. The maximum Gasteiger partial charge on any atom is 0.288 e. The third kappa shape index (κ3) is 4.61. The number of rotatable bonds is 6. The summed E-state index contributed by atoms with van der Waals surface area (Å²) in [5.41, 5.74) is 1.15. The summed E-state index contributed by atoms with van der Waals surface area (Å²) >= 11 is 5.77. The topological polar surface area (TPSA) is 132 Å². The van der Waals surface area contributed by atoms with Crippen molar-refractivity contribution in [2.45, 2.75) is 11.9 Å². The van der Waals surface area contributed by atoms with Gasteiger partial charge in [-0.1, -0.05) is 30.7 Å². The van der Waals surface area contributed by atoms with Gasteiger partial charge in [0.05, 0.1) is 16.4 Å². The number of halogens is 1. The third-order valence-corrected chi connectivity index (χ3v) is 6.09. The van der Waals surface area contributed by atoms with Crippen LogP contribution in [0.5, 0.6) is 0 Å². The molecule has 0 bridgehead atoms. The molecule has 3 aromatic rings. The van der Waals surface area contributed by atoms with E-state index in [4.69, 9.17) is 11.6 Å². The van der Waals surface area contributed by atoms with Gasteiger partial charge in [0, 0.05) is 22.9 Å². The summed E-state index contributed by atoms with van der Waals surface area (Å²) in [6, 6.07) is 13.3. The molecule has 1 heterocycles. The molecule has 9 nitrogen and oxygen atoms in total. The fraction of sp³-hybridized carbons (Fsp3) is 0.105. The van der Waals surface area contributed by atoms with Crippen LogP contribution >= 0.6 is 11.6 Å². The van der Waals surface area contributed by atoms with Crippen molar-refractivity contribution in [3.05, 3.63) is 75.3 Å². The zero-order valence-electron chi connectivity index (χ0n) is 15.6. The highest BCUT2D eigenvalue weighted by atomic mass is 35.5. The van der Waals surface area contributed by atoms with E-state index in [1.807, 2.05) is 0 Å². The monoisotopic (exact) mass is 446 g/mol. The number of anilines is 1. The van der Waals surface area contributed by atoms with E-state index in [9.17, 15) is 23.3 Å². The first-order chi connectivity index (χ1) is 14.2. The van der Waals surface area contributed by atoms with Gasteiger partial charge in [-0.25, -0.2) is 8.42 Å². The van der Waals surface area contributed by atoms with E-state index >= 15 is 0 Å². The molecule has 0 aliphatic rings. The molecule has 0 saturated heterocycles. The van der Waals surface area contributed by atoms with Crippen molar-refractivity contribution in [3.63, 3.8) is 0 Å². The number of sulfone groups is 1. The lowest BCUT2D eigenvalue weighted by Crippen LogP contribution is -2.12.